The van der Waals surface area contributed by atoms with E-state index in [0.717, 1.165) is 32.1 Å². The summed E-state index contributed by atoms with van der Waals surface area (Å²) in [5.74, 6) is -0.658. The number of nitrogens with one attached hydrogen (secondary N) is 1. The Bertz CT molecular complexity index is 685. The number of hydrogen-bond acceptors (Lipinski definition) is 5. The summed E-state index contributed by atoms with van der Waals surface area (Å²) in [6.07, 6.45) is 8.79. The Balaban J connectivity index is 2.07. The van der Waals surface area contributed by atoms with Crippen molar-refractivity contribution in [2.45, 2.75) is 83.9 Å². The highest BCUT2D eigenvalue weighted by molar-refractivity contribution is 5.96. The Hall–Kier alpha value is -2.38. The summed E-state index contributed by atoms with van der Waals surface area (Å²) in [6, 6.07) is -0.841. The smallest absolute Gasteiger partial charge is 0.329 e. The molecule has 0 aromatic rings. The molecule has 0 spiro atoms. The highest BCUT2D eigenvalue weighted by Crippen LogP contribution is 2.25. The minimum absolute atomic E-state index is 0.0274. The average molecular weight is 436 g/mol. The van der Waals surface area contributed by atoms with E-state index in [1.54, 1.807) is 24.9 Å². The Morgan fingerprint density at radius 2 is 1.81 bits per heavy atom. The fourth-order valence-electron chi connectivity index (χ4n) is 4.41. The summed E-state index contributed by atoms with van der Waals surface area (Å²) in [4.78, 5) is 51.9. The van der Waals surface area contributed by atoms with E-state index < -0.39 is 6.04 Å². The van der Waals surface area contributed by atoms with Crippen molar-refractivity contribution in [1.82, 2.24) is 15.1 Å². The van der Waals surface area contributed by atoms with Crippen LogP contribution in [0.3, 0.4) is 0 Å². The van der Waals surface area contributed by atoms with E-state index >= 15 is 0 Å². The number of carbonyl (C=O) groups excluding carboxylic acids is 4. The Kier molecular flexibility index (Phi) is 9.52. The van der Waals surface area contributed by atoms with Crippen LogP contribution in [0.4, 0.5) is 0 Å². The highest BCUT2D eigenvalue weighted by Gasteiger charge is 2.37. The zero-order valence-corrected chi connectivity index (χ0v) is 19.3. The quantitative estimate of drug-likeness (QED) is 0.340. The molecule has 0 bridgehead atoms. The number of likely N-dealkylation sites (tertiary alicyclic amines) is 1. The monoisotopic (exact) mass is 435 g/mol. The van der Waals surface area contributed by atoms with Crippen molar-refractivity contribution in [3.63, 3.8) is 0 Å². The SMILES string of the molecule is C/C(=C\[C@H](C(C)C)N(C)C(=O)CNC=O)C(=O)N1CCC[C@H]1C(=O)OC1CCCCC1. The van der Waals surface area contributed by atoms with Gasteiger partial charge in [-0.3, -0.25) is 14.4 Å². The summed E-state index contributed by atoms with van der Waals surface area (Å²) in [6.45, 7) is 6.09. The van der Waals surface area contributed by atoms with Crippen LogP contribution in [0, 0.1) is 5.92 Å². The first kappa shape index (κ1) is 24.9. The van der Waals surface area contributed by atoms with Crippen molar-refractivity contribution in [2.75, 3.05) is 20.1 Å². The van der Waals surface area contributed by atoms with E-state index in [9.17, 15) is 19.2 Å². The first-order chi connectivity index (χ1) is 14.8. The second kappa shape index (κ2) is 11.9. The van der Waals surface area contributed by atoms with Gasteiger partial charge in [0.25, 0.3) is 0 Å². The third-order valence-corrected chi connectivity index (χ3v) is 6.24. The molecule has 2 atom stereocenters. The lowest BCUT2D eigenvalue weighted by Gasteiger charge is -2.31. The molecular weight excluding hydrogens is 398 g/mol. The number of esters is 1. The van der Waals surface area contributed by atoms with Gasteiger partial charge in [-0.1, -0.05) is 26.3 Å². The molecule has 1 N–H and O–H groups in total. The summed E-state index contributed by atoms with van der Waals surface area (Å²) in [5.41, 5.74) is 0.499. The predicted molar refractivity (Wildman–Crippen MR) is 117 cm³/mol. The van der Waals surface area contributed by atoms with Crippen LogP contribution in [0.25, 0.3) is 0 Å². The van der Waals surface area contributed by atoms with E-state index in [4.69, 9.17) is 4.74 Å². The maximum absolute atomic E-state index is 13.2. The van der Waals surface area contributed by atoms with E-state index in [2.05, 4.69) is 5.32 Å². The van der Waals surface area contributed by atoms with Gasteiger partial charge in [-0.05, 0) is 51.4 Å². The second-order valence-corrected chi connectivity index (χ2v) is 8.94. The van der Waals surface area contributed by atoms with Crippen molar-refractivity contribution < 1.29 is 23.9 Å². The van der Waals surface area contributed by atoms with Gasteiger partial charge in [0.1, 0.15) is 12.1 Å². The maximum atomic E-state index is 13.2. The van der Waals surface area contributed by atoms with Crippen LogP contribution in [0.15, 0.2) is 11.6 Å². The lowest BCUT2D eigenvalue weighted by atomic mass is 9.98. The van der Waals surface area contributed by atoms with E-state index in [0.29, 0.717) is 24.9 Å². The van der Waals surface area contributed by atoms with Gasteiger partial charge in [0.15, 0.2) is 0 Å². The molecule has 0 aromatic carbocycles. The lowest BCUT2D eigenvalue weighted by Crippen LogP contribution is -2.45. The molecule has 1 saturated carbocycles. The van der Waals surface area contributed by atoms with Gasteiger partial charge in [-0.25, -0.2) is 4.79 Å². The lowest BCUT2D eigenvalue weighted by molar-refractivity contribution is -0.158. The van der Waals surface area contributed by atoms with Gasteiger partial charge in [-0.15, -0.1) is 0 Å². The number of amides is 3. The Morgan fingerprint density at radius 1 is 1.13 bits per heavy atom. The van der Waals surface area contributed by atoms with Gasteiger partial charge < -0.3 is 19.9 Å². The zero-order chi connectivity index (χ0) is 23.0. The standard InChI is InChI=1S/C23H37N3O5/c1-16(2)20(25(4)21(28)14-24-15-27)13-17(3)22(29)26-12-8-11-19(26)23(30)31-18-9-6-5-7-10-18/h13,15-16,18-20H,5-12,14H2,1-4H3,(H,24,27)/b17-13+/t19-,20+/m0/s1. The minimum atomic E-state index is -0.536. The maximum Gasteiger partial charge on any atom is 0.329 e. The molecule has 31 heavy (non-hydrogen) atoms. The molecule has 2 rings (SSSR count). The number of hydrogen-bond donors (Lipinski definition) is 1. The molecule has 0 unspecified atom stereocenters. The number of nitrogens with zero attached hydrogens (tertiary/aromatic N) is 2. The van der Waals surface area contributed by atoms with E-state index in [1.807, 2.05) is 13.8 Å². The fraction of sp³-hybridized carbons (Fsp3) is 0.739. The third-order valence-electron chi connectivity index (χ3n) is 6.24. The molecule has 2 aliphatic rings. The largest absolute Gasteiger partial charge is 0.461 e. The molecule has 8 nitrogen and oxygen atoms in total. The van der Waals surface area contributed by atoms with Gasteiger partial charge in [0.05, 0.1) is 12.6 Å². The van der Waals surface area contributed by atoms with Crippen molar-refractivity contribution in [2.24, 2.45) is 5.92 Å². The number of ether oxygens (including phenoxy) is 1. The highest BCUT2D eigenvalue weighted by atomic mass is 16.5. The number of rotatable bonds is 9. The van der Waals surface area contributed by atoms with Gasteiger partial charge in [0, 0.05) is 19.2 Å². The number of likely N-dealkylation sites (N-methyl/N-ethyl adjacent to an activating group) is 1. The van der Waals surface area contributed by atoms with Crippen LogP contribution in [-0.2, 0) is 23.9 Å². The van der Waals surface area contributed by atoms with Crippen molar-refractivity contribution in [3.8, 4) is 0 Å². The molecule has 0 radical (unpaired) electrons. The molecule has 1 aliphatic carbocycles. The van der Waals surface area contributed by atoms with E-state index in [-0.39, 0.29) is 42.4 Å². The van der Waals surface area contributed by atoms with Crippen molar-refractivity contribution >= 4 is 24.2 Å². The van der Waals surface area contributed by atoms with Gasteiger partial charge in [-0.2, -0.15) is 0 Å². The first-order valence-corrected chi connectivity index (χ1v) is 11.4. The number of carbonyl (C=O) groups is 4. The van der Waals surface area contributed by atoms with Crippen LogP contribution < -0.4 is 5.32 Å². The van der Waals surface area contributed by atoms with Crippen LogP contribution in [0.5, 0.6) is 0 Å². The van der Waals surface area contributed by atoms with Crippen LogP contribution in [0.2, 0.25) is 0 Å². The molecule has 0 aromatic heterocycles. The topological polar surface area (TPSA) is 96.0 Å². The first-order valence-electron chi connectivity index (χ1n) is 11.4. The summed E-state index contributed by atoms with van der Waals surface area (Å²) in [5, 5.41) is 2.38. The van der Waals surface area contributed by atoms with Crippen LogP contribution in [0.1, 0.15) is 65.7 Å². The zero-order valence-electron chi connectivity index (χ0n) is 19.3. The Labute approximate surface area is 185 Å². The fourth-order valence-corrected chi connectivity index (χ4v) is 4.41. The van der Waals surface area contributed by atoms with Crippen molar-refractivity contribution in [3.05, 3.63) is 11.6 Å². The third kappa shape index (κ3) is 6.80. The molecule has 1 saturated heterocycles. The van der Waals surface area contributed by atoms with E-state index in [1.165, 1.54) is 11.3 Å². The van der Waals surface area contributed by atoms with Crippen LogP contribution in [-0.4, -0.2) is 72.3 Å². The molecule has 1 aliphatic heterocycles. The minimum Gasteiger partial charge on any atom is -0.461 e. The average Bonchev–Trinajstić information content (AvgIpc) is 3.25. The second-order valence-electron chi connectivity index (χ2n) is 8.94. The molecular formula is C23H37N3O5. The summed E-state index contributed by atoms with van der Waals surface area (Å²) < 4.78 is 5.72. The Morgan fingerprint density at radius 3 is 2.42 bits per heavy atom. The molecule has 1 heterocycles. The predicted octanol–water partition coefficient (Wildman–Crippen LogP) is 2.03. The summed E-state index contributed by atoms with van der Waals surface area (Å²) in [7, 11) is 1.66. The molecule has 2 fully saturated rings. The van der Waals surface area contributed by atoms with Crippen molar-refractivity contribution in [1.29, 1.82) is 0 Å². The summed E-state index contributed by atoms with van der Waals surface area (Å²) >= 11 is 0. The van der Waals surface area contributed by atoms with Crippen LogP contribution >= 0.6 is 0 Å². The van der Waals surface area contributed by atoms with Gasteiger partial charge >= 0.3 is 5.97 Å². The molecule has 174 valence electrons. The normalized spacial score (nSPS) is 21.0. The molecule has 8 heteroatoms. The van der Waals surface area contributed by atoms with Gasteiger partial charge in [0.2, 0.25) is 18.2 Å². The molecule has 3 amide bonds.